The number of halogens is 2. The number of ether oxygens (including phenoxy) is 1. The Kier molecular flexibility index (Phi) is 5.93. The van der Waals surface area contributed by atoms with Crippen LogP contribution in [0.2, 0.25) is 0 Å². The number of phosphoric ester groups is 1. The molecule has 7 N–H and O–H groups in total. The normalized spacial score (nSPS) is 33.9. The van der Waals surface area contributed by atoms with E-state index in [0.717, 1.165) is 6.07 Å². The Bertz CT molecular complexity index is 1250. The fourth-order valence-electron chi connectivity index (χ4n) is 3.02. The van der Waals surface area contributed by atoms with Crippen LogP contribution in [0, 0.1) is 0 Å². The predicted octanol–water partition coefficient (Wildman–Crippen LogP) is -0.547. The zero-order valence-corrected chi connectivity index (χ0v) is 17.9. The van der Waals surface area contributed by atoms with Crippen LogP contribution in [-0.4, -0.2) is 57.6 Å². The van der Waals surface area contributed by atoms with Gasteiger partial charge in [0.1, 0.15) is 11.9 Å². The van der Waals surface area contributed by atoms with E-state index < -0.39 is 58.7 Å². The molecule has 0 spiro atoms. The van der Waals surface area contributed by atoms with Crippen LogP contribution >= 0.6 is 23.5 Å². The maximum atomic E-state index is 15.0. The van der Waals surface area contributed by atoms with Crippen molar-refractivity contribution in [3.63, 3.8) is 0 Å². The van der Waals surface area contributed by atoms with Crippen LogP contribution in [0.5, 0.6) is 0 Å². The van der Waals surface area contributed by atoms with Gasteiger partial charge in [-0.25, -0.2) is 18.5 Å². The molecule has 0 aromatic carbocycles. The molecule has 24 heteroatoms. The molecule has 1 saturated heterocycles. The van der Waals surface area contributed by atoms with Crippen LogP contribution in [0.4, 0.5) is 14.6 Å². The topological polar surface area (TPSA) is 299 Å². The van der Waals surface area contributed by atoms with Gasteiger partial charge in [0.2, 0.25) is 17.6 Å². The van der Waals surface area contributed by atoms with Crippen LogP contribution in [0.25, 0.3) is 10.4 Å². The van der Waals surface area contributed by atoms with Gasteiger partial charge in [-0.1, -0.05) is 5.11 Å². The summed E-state index contributed by atoms with van der Waals surface area (Å²) in [6.07, 6.45) is -4.76. The number of nitrogen functional groups attached to an aromatic ring is 1. The Morgan fingerprint density at radius 3 is 2.36 bits per heavy atom. The third-order valence-corrected chi connectivity index (χ3v) is 8.06. The van der Waals surface area contributed by atoms with Gasteiger partial charge < -0.3 is 35.2 Å². The van der Waals surface area contributed by atoms with Crippen molar-refractivity contribution < 1.29 is 65.0 Å². The van der Waals surface area contributed by atoms with Gasteiger partial charge in [0.15, 0.2) is 0 Å². The van der Waals surface area contributed by atoms with Crippen molar-refractivity contribution >= 4 is 29.3 Å². The van der Waals surface area contributed by atoms with Crippen molar-refractivity contribution in [2.24, 2.45) is 5.11 Å². The molecule has 0 amide bonds. The van der Waals surface area contributed by atoms with E-state index in [9.17, 15) is 28.5 Å². The molecule has 0 bridgehead atoms. The number of nitrogens with two attached hydrogens (primary N) is 1. The molecule has 2 aliphatic rings. The molecule has 1 saturated carbocycles. The van der Waals surface area contributed by atoms with E-state index in [2.05, 4.69) is 28.2 Å². The minimum atomic E-state index is -6.06. The molecule has 1 aromatic heterocycles. The largest absolute Gasteiger partial charge is 0.490 e. The number of hydrogen-bond acceptors (Lipinski definition) is 12. The summed E-state index contributed by atoms with van der Waals surface area (Å²) >= 11 is 0. The molecule has 1 aliphatic carbocycles. The van der Waals surface area contributed by atoms with Crippen molar-refractivity contribution in [1.82, 2.24) is 9.55 Å². The molecule has 6 atom stereocenters. The Hall–Kier alpha value is -1.82. The third-order valence-electron chi connectivity index (χ3n) is 4.26. The first-order valence-corrected chi connectivity index (χ1v) is 12.4. The van der Waals surface area contributed by atoms with Crippen molar-refractivity contribution in [3.05, 3.63) is 33.2 Å². The average molecular weight is 542 g/mol. The molecule has 2 heterocycles. The first-order valence-electron chi connectivity index (χ1n) is 7.83. The second kappa shape index (κ2) is 7.59. The number of aliphatic hydroxyl groups is 1. The Balaban J connectivity index is 1.94. The predicted molar refractivity (Wildman–Crippen MR) is 93.5 cm³/mol. The minimum absolute atomic E-state index is 0.150. The highest BCUT2D eigenvalue weighted by molar-refractivity contribution is 7.66. The lowest BCUT2D eigenvalue weighted by Gasteiger charge is -2.27. The van der Waals surface area contributed by atoms with E-state index in [0.29, 0.717) is 6.20 Å². The number of azide groups is 1. The lowest BCUT2D eigenvalue weighted by atomic mass is 10.1. The van der Waals surface area contributed by atoms with E-state index in [-0.39, 0.29) is 10.4 Å². The van der Waals surface area contributed by atoms with Crippen molar-refractivity contribution in [2.75, 3.05) is 5.73 Å². The second-order valence-corrected chi connectivity index (χ2v) is 10.7. The number of anilines is 1. The van der Waals surface area contributed by atoms with Gasteiger partial charge >= 0.3 is 35.1 Å². The van der Waals surface area contributed by atoms with E-state index >= 15 is 8.78 Å². The van der Waals surface area contributed by atoms with Gasteiger partial charge in [0.05, 0.1) is 0 Å². The highest BCUT2D eigenvalue weighted by Crippen LogP contribution is 2.75. The highest BCUT2D eigenvalue weighted by atomic mass is 31.3. The maximum absolute atomic E-state index is 15.0. The number of hydrogen-bond donors (Lipinski definition) is 6. The average Bonchev–Trinajstić information content (AvgIpc) is 3.00. The zero-order valence-electron chi connectivity index (χ0n) is 15.2. The summed E-state index contributed by atoms with van der Waals surface area (Å²) < 4.78 is 80.1. The van der Waals surface area contributed by atoms with E-state index in [1.54, 1.807) is 0 Å². The van der Waals surface area contributed by atoms with Gasteiger partial charge in [-0.2, -0.15) is 22.4 Å². The minimum Gasteiger partial charge on any atom is -0.383 e. The lowest BCUT2D eigenvalue weighted by Crippen LogP contribution is -2.46. The van der Waals surface area contributed by atoms with Crippen LogP contribution in [0.1, 0.15) is 6.23 Å². The van der Waals surface area contributed by atoms with Crippen molar-refractivity contribution in [1.29, 1.82) is 0 Å². The highest BCUT2D eigenvalue weighted by Gasteiger charge is 2.97. The smallest absolute Gasteiger partial charge is 0.383 e. The number of aromatic nitrogens is 2. The Morgan fingerprint density at radius 2 is 1.85 bits per heavy atom. The molecule has 1 aliphatic heterocycles. The molecule has 33 heavy (non-hydrogen) atoms. The SMILES string of the molecule is [N-]=[N+]=NC12O[C@@H](n3ccc(N)nc3=O)C(F)(F)[C@@]1(O)C2OP(=O)(O)OP(=O)(O)OP(=O)(O)O. The first-order chi connectivity index (χ1) is 14.8. The summed E-state index contributed by atoms with van der Waals surface area (Å²) in [5, 5.41) is 13.3. The summed E-state index contributed by atoms with van der Waals surface area (Å²) in [6.45, 7) is 0. The van der Waals surface area contributed by atoms with Gasteiger partial charge in [0.25, 0.3) is 0 Å². The molecule has 3 rings (SSSR count). The Labute approximate surface area is 178 Å². The van der Waals surface area contributed by atoms with Gasteiger partial charge in [-0.05, 0) is 11.6 Å². The molecule has 1 aromatic rings. The van der Waals surface area contributed by atoms with Crippen LogP contribution in [-0.2, 0) is 31.6 Å². The summed E-state index contributed by atoms with van der Waals surface area (Å²) in [7, 11) is -17.8. The van der Waals surface area contributed by atoms with Crippen molar-refractivity contribution in [2.45, 2.75) is 29.6 Å². The number of phosphoric acid groups is 3. The number of nitrogens with zero attached hydrogens (tertiary/aromatic N) is 5. The summed E-state index contributed by atoms with van der Waals surface area (Å²) in [5.74, 6) is -4.98. The van der Waals surface area contributed by atoms with Crippen molar-refractivity contribution in [3.8, 4) is 0 Å². The van der Waals surface area contributed by atoms with E-state index in [4.69, 9.17) is 30.7 Å². The number of alkyl halides is 2. The lowest BCUT2D eigenvalue weighted by molar-refractivity contribution is -0.199. The van der Waals surface area contributed by atoms with Crippen LogP contribution in [0.3, 0.4) is 0 Å². The van der Waals surface area contributed by atoms with Crippen LogP contribution in [0.15, 0.2) is 22.2 Å². The molecular formula is C9H11F2N6O13P3. The maximum Gasteiger partial charge on any atom is 0.490 e. The van der Waals surface area contributed by atoms with E-state index in [1.165, 1.54) is 0 Å². The molecule has 2 fully saturated rings. The number of rotatable bonds is 8. The van der Waals surface area contributed by atoms with Gasteiger partial charge in [0, 0.05) is 11.1 Å². The Morgan fingerprint density at radius 1 is 1.24 bits per heavy atom. The first kappa shape index (κ1) is 25.8. The molecule has 4 unspecified atom stereocenters. The van der Waals surface area contributed by atoms with Gasteiger partial charge in [-0.3, -0.25) is 9.09 Å². The fourth-order valence-corrected chi connectivity index (χ4v) is 6.24. The fraction of sp³-hybridized carbons (Fsp3) is 0.556. The van der Waals surface area contributed by atoms with Crippen LogP contribution < -0.4 is 11.4 Å². The molecular weight excluding hydrogens is 531 g/mol. The third kappa shape index (κ3) is 4.24. The summed E-state index contributed by atoms with van der Waals surface area (Å²) in [6, 6.07) is 0.901. The van der Waals surface area contributed by atoms with E-state index in [1.807, 2.05) is 0 Å². The zero-order chi connectivity index (χ0) is 25.3. The quantitative estimate of drug-likeness (QED) is 0.104. The number of fused-ring (bicyclic) bond motifs is 1. The monoisotopic (exact) mass is 542 g/mol. The molecule has 184 valence electrons. The molecule has 19 nitrogen and oxygen atoms in total. The van der Waals surface area contributed by atoms with Gasteiger partial charge in [-0.15, -0.1) is 0 Å². The summed E-state index contributed by atoms with van der Waals surface area (Å²) in [4.78, 5) is 52.9. The second-order valence-electron chi connectivity index (χ2n) is 6.36. The molecule has 0 radical (unpaired) electrons. The summed E-state index contributed by atoms with van der Waals surface area (Å²) in [5.41, 5.74) is 5.63. The standard InChI is InChI=1S/C9H11F2N6O13P3/c10-8(11)5(17-2-1-3(12)14-6(17)18)27-9(15-16-13)4(7(8,9)19)28-32(23,24)30-33(25,26)29-31(20,21)22/h1-2,4-5,19H,(H,23,24)(H,25,26)(H2,12,14,18)(H2,20,21,22)/t4?,5-,7+,9?/m1/s1.